The second-order valence-corrected chi connectivity index (χ2v) is 11.0. The number of aliphatic carboxylic acids is 2. The van der Waals surface area contributed by atoms with E-state index in [-0.39, 0.29) is 42.1 Å². The number of aliphatic hydroxyl groups excluding tert-OH is 1. The maximum Gasteiger partial charge on any atom is 0.350 e. The average molecular weight is 596 g/mol. The predicted molar refractivity (Wildman–Crippen MR) is 137 cm³/mol. The van der Waals surface area contributed by atoms with E-state index in [0.29, 0.717) is 11.4 Å². The normalized spacial score (nSPS) is 19.2. The van der Waals surface area contributed by atoms with Crippen LogP contribution in [-0.2, 0) is 37.1 Å². The lowest BCUT2D eigenvalue weighted by atomic mass is 10.0. The first-order valence-corrected chi connectivity index (χ1v) is 13.4. The van der Waals surface area contributed by atoms with Crippen molar-refractivity contribution in [3.63, 3.8) is 0 Å². The van der Waals surface area contributed by atoms with Gasteiger partial charge >= 0.3 is 5.97 Å². The molecule has 7 N–H and O–H groups in total. The van der Waals surface area contributed by atoms with Gasteiger partial charge in [-0.1, -0.05) is 5.16 Å². The highest BCUT2D eigenvalue weighted by Crippen LogP contribution is 2.40. The number of rotatable bonds is 11. The van der Waals surface area contributed by atoms with E-state index in [4.69, 9.17) is 16.3 Å². The van der Waals surface area contributed by atoms with E-state index < -0.39 is 46.5 Å². The number of carbonyl (C=O) groups is 4. The van der Waals surface area contributed by atoms with Crippen LogP contribution in [0, 0.1) is 0 Å². The molecular weight excluding hydrogens is 570 g/mol. The summed E-state index contributed by atoms with van der Waals surface area (Å²) in [6, 6.07) is 0.447. The van der Waals surface area contributed by atoms with E-state index in [1.54, 1.807) is 21.6 Å². The Labute approximate surface area is 234 Å². The summed E-state index contributed by atoms with van der Waals surface area (Å²) >= 11 is 1.97. The largest absolute Gasteiger partial charge is 0.543 e. The molecule has 19 heteroatoms. The van der Waals surface area contributed by atoms with Gasteiger partial charge in [-0.15, -0.1) is 21.1 Å². The molecule has 2 aromatic rings. The molecule has 2 unspecified atom stereocenters. The van der Waals surface area contributed by atoms with Crippen LogP contribution < -0.4 is 26.6 Å². The zero-order chi connectivity index (χ0) is 29.4. The summed E-state index contributed by atoms with van der Waals surface area (Å²) in [4.78, 5) is 59.7. The molecule has 0 spiro atoms. The first-order valence-electron chi connectivity index (χ1n) is 11.6. The topological polar surface area (TPSA) is 255 Å². The van der Waals surface area contributed by atoms with Crippen molar-refractivity contribution < 1.29 is 44.0 Å². The van der Waals surface area contributed by atoms with Crippen LogP contribution in [-0.4, -0.2) is 88.0 Å². The minimum Gasteiger partial charge on any atom is -0.543 e. The van der Waals surface area contributed by atoms with Gasteiger partial charge in [0.2, 0.25) is 17.1 Å². The number of nitrogen functional groups attached to an aromatic ring is 2. The van der Waals surface area contributed by atoms with E-state index in [1.807, 2.05) is 0 Å². The average Bonchev–Trinajstić information content (AvgIpc) is 3.47. The fourth-order valence-electron chi connectivity index (χ4n) is 3.88. The van der Waals surface area contributed by atoms with Crippen LogP contribution in [0.15, 0.2) is 28.7 Å². The van der Waals surface area contributed by atoms with Gasteiger partial charge in [0.15, 0.2) is 23.7 Å². The Morgan fingerprint density at radius 1 is 1.38 bits per heavy atom. The number of hydrogen-bond acceptors (Lipinski definition) is 14. The van der Waals surface area contributed by atoms with Crippen LogP contribution in [0.3, 0.4) is 0 Å². The quantitative estimate of drug-likeness (QED) is 0.0731. The number of nitrogens with one attached hydrogen (secondary N) is 1. The van der Waals surface area contributed by atoms with Gasteiger partial charge < -0.3 is 41.7 Å². The summed E-state index contributed by atoms with van der Waals surface area (Å²) in [5.74, 6) is -4.31. The van der Waals surface area contributed by atoms with Crippen molar-refractivity contribution in [2.75, 3.05) is 23.8 Å². The van der Waals surface area contributed by atoms with Crippen LogP contribution in [0.25, 0.3) is 0 Å². The number of β-lactam (4-membered cyclic amide) rings is 1. The Kier molecular flexibility index (Phi) is 7.98. The van der Waals surface area contributed by atoms with E-state index >= 15 is 0 Å². The van der Waals surface area contributed by atoms with E-state index in [2.05, 4.69) is 19.8 Å². The number of aliphatic hydroxyl groups is 1. The van der Waals surface area contributed by atoms with Gasteiger partial charge in [-0.3, -0.25) is 14.5 Å². The third kappa shape index (κ3) is 5.42. The number of nitrogens with two attached hydrogens (primary N) is 2. The number of carboxylic acid groups (broad SMARTS) is 2. The number of amides is 2. The maximum absolute atomic E-state index is 13.1. The Hall–Kier alpha value is -4.23. The van der Waals surface area contributed by atoms with Crippen molar-refractivity contribution in [2.45, 2.75) is 44.0 Å². The Balaban J connectivity index is 1.56. The lowest BCUT2D eigenvalue weighted by Gasteiger charge is -2.50. The molecule has 0 radical (unpaired) electrons. The van der Waals surface area contributed by atoms with Crippen LogP contribution >= 0.6 is 23.3 Å². The highest BCUT2D eigenvalue weighted by molar-refractivity contribution is 8.00. The molecule has 2 aliphatic rings. The molecule has 1 fully saturated rings. The molecule has 0 saturated carbocycles. The number of carboxylic acids is 2. The molecule has 2 amide bonds. The lowest BCUT2D eigenvalue weighted by Crippen LogP contribution is -2.71. The summed E-state index contributed by atoms with van der Waals surface area (Å²) in [5, 5.41) is 36.0. The third-order valence-electron chi connectivity index (χ3n) is 5.97. The zero-order valence-electron chi connectivity index (χ0n) is 21.1. The number of oxime groups is 1. The summed E-state index contributed by atoms with van der Waals surface area (Å²) in [6.45, 7) is 2.46. The van der Waals surface area contributed by atoms with Gasteiger partial charge in [0.25, 0.3) is 11.8 Å². The van der Waals surface area contributed by atoms with Gasteiger partial charge in [0, 0.05) is 22.9 Å². The van der Waals surface area contributed by atoms with Crippen molar-refractivity contribution in [1.82, 2.24) is 24.3 Å². The number of nitrogens with zero attached hydrogens (tertiary/aromatic N) is 6. The second kappa shape index (κ2) is 11.1. The van der Waals surface area contributed by atoms with Crippen LogP contribution in [0.2, 0.25) is 0 Å². The van der Waals surface area contributed by atoms with Gasteiger partial charge in [0.05, 0.1) is 24.3 Å². The first kappa shape index (κ1) is 28.8. The number of anilines is 2. The molecule has 17 nitrogen and oxygen atoms in total. The molecular formula is C21H25N9O8S2. The van der Waals surface area contributed by atoms with E-state index in [0.717, 1.165) is 16.4 Å². The van der Waals surface area contributed by atoms with E-state index in [9.17, 15) is 34.5 Å². The lowest BCUT2D eigenvalue weighted by molar-refractivity contribution is -0.767. The molecule has 4 heterocycles. The minimum absolute atomic E-state index is 0.00255. The molecule has 40 heavy (non-hydrogen) atoms. The van der Waals surface area contributed by atoms with Crippen LogP contribution in [0.1, 0.15) is 19.7 Å². The summed E-state index contributed by atoms with van der Waals surface area (Å²) < 4.78 is 7.08. The first-order chi connectivity index (χ1) is 18.9. The predicted octanol–water partition coefficient (Wildman–Crippen LogP) is -3.53. The summed E-state index contributed by atoms with van der Waals surface area (Å²) in [6.07, 6.45) is 1.62. The van der Waals surface area contributed by atoms with Gasteiger partial charge in [-0.25, -0.2) is 4.79 Å². The number of thioether (sulfide) groups is 1. The number of aromatic nitrogens is 4. The Morgan fingerprint density at radius 2 is 2.10 bits per heavy atom. The van der Waals surface area contributed by atoms with Gasteiger partial charge in [-0.2, -0.15) is 9.36 Å². The van der Waals surface area contributed by atoms with Crippen molar-refractivity contribution in [1.29, 1.82) is 0 Å². The van der Waals surface area contributed by atoms with Crippen molar-refractivity contribution in [3.8, 4) is 0 Å². The summed E-state index contributed by atoms with van der Waals surface area (Å²) in [7, 11) is 0. The highest BCUT2D eigenvalue weighted by atomic mass is 32.2. The SMILES string of the molecule is CC(C)(ON=C(C(=O)NC1C(=O)N2C(C(=O)[O-])=C(C[n+]3ccc(N)n3CCO)CSC12)c1nsc(N)n1)C(=O)O. The van der Waals surface area contributed by atoms with Crippen LogP contribution in [0.4, 0.5) is 10.9 Å². The maximum atomic E-state index is 13.1. The monoisotopic (exact) mass is 595 g/mol. The molecule has 0 bridgehead atoms. The van der Waals surface area contributed by atoms with Crippen LogP contribution in [0.5, 0.6) is 0 Å². The summed E-state index contributed by atoms with van der Waals surface area (Å²) in [5.41, 5.74) is 9.24. The van der Waals surface area contributed by atoms with Gasteiger partial charge in [0.1, 0.15) is 18.0 Å². The molecule has 2 atom stereocenters. The second-order valence-electron chi connectivity index (χ2n) is 9.09. The Bertz CT molecular complexity index is 1430. The zero-order valence-corrected chi connectivity index (χ0v) is 22.8. The molecule has 1 saturated heterocycles. The fourth-order valence-corrected chi connectivity index (χ4v) is 5.65. The molecule has 2 aromatic heterocycles. The van der Waals surface area contributed by atoms with Crippen molar-refractivity contribution in [2.24, 2.45) is 5.16 Å². The number of fused-ring (bicyclic) bond motifs is 1. The van der Waals surface area contributed by atoms with Gasteiger partial charge in [-0.05, 0) is 13.8 Å². The van der Waals surface area contributed by atoms with Crippen molar-refractivity contribution >= 4 is 63.7 Å². The smallest absolute Gasteiger partial charge is 0.350 e. The molecule has 0 aliphatic carbocycles. The Morgan fingerprint density at radius 3 is 2.70 bits per heavy atom. The molecule has 2 aliphatic heterocycles. The fraction of sp³-hybridized carbons (Fsp3) is 0.429. The number of carbonyl (C=O) groups excluding carboxylic acids is 3. The standard InChI is InChI=1S/C21H25N9O8S2/c1-21(2,19(36)37)38-26-11(14-25-20(23)40-27-14)15(32)24-12-16(33)30-13(18(34)35)9(8-39-17(12)30)7-28-4-3-10(22)29(28)5-6-31/h3-4,12,17,22,31H,5-8H2,1-2H3,(H5,23,24,25,27,32,34,35,36,37). The van der Waals surface area contributed by atoms with Crippen molar-refractivity contribution in [3.05, 3.63) is 29.4 Å². The highest BCUT2D eigenvalue weighted by Gasteiger charge is 2.53. The molecule has 4 rings (SSSR count). The van der Waals surface area contributed by atoms with E-state index in [1.165, 1.54) is 25.6 Å². The molecule has 214 valence electrons. The third-order valence-corrected chi connectivity index (χ3v) is 7.85. The number of hydrogen-bond donors (Lipinski definition) is 5. The minimum atomic E-state index is -1.81. The molecule has 0 aromatic carbocycles.